The van der Waals surface area contributed by atoms with Crippen LogP contribution in [0, 0.1) is 0 Å². The lowest BCUT2D eigenvalue weighted by Gasteiger charge is -2.42. The largest absolute Gasteiger partial charge is 0.487 e. The van der Waals surface area contributed by atoms with Gasteiger partial charge in [-0.25, -0.2) is 8.42 Å². The van der Waals surface area contributed by atoms with Crippen molar-refractivity contribution >= 4 is 9.84 Å². The quantitative estimate of drug-likeness (QED) is 0.776. The van der Waals surface area contributed by atoms with E-state index in [1.807, 2.05) is 43.4 Å². The predicted molar refractivity (Wildman–Crippen MR) is 104 cm³/mol. The SMILES string of the molecule is CN1CCN(Cc2cccc(OCc3ccccn3)c2)[C@H]2CS(=O)(=O)C[C@H]21. The van der Waals surface area contributed by atoms with Gasteiger partial charge in [-0.1, -0.05) is 18.2 Å². The summed E-state index contributed by atoms with van der Waals surface area (Å²) in [6.45, 7) is 2.95. The highest BCUT2D eigenvalue weighted by atomic mass is 32.2. The third-order valence-electron chi connectivity index (χ3n) is 5.47. The van der Waals surface area contributed by atoms with Crippen molar-refractivity contribution in [1.29, 1.82) is 0 Å². The number of piperazine rings is 1. The van der Waals surface area contributed by atoms with Gasteiger partial charge in [-0.15, -0.1) is 0 Å². The molecule has 144 valence electrons. The summed E-state index contributed by atoms with van der Waals surface area (Å²) < 4.78 is 30.1. The van der Waals surface area contributed by atoms with Crippen LogP contribution >= 0.6 is 0 Å². The first-order valence-electron chi connectivity index (χ1n) is 9.26. The third-order valence-corrected chi connectivity index (χ3v) is 7.16. The van der Waals surface area contributed by atoms with Crippen LogP contribution in [-0.4, -0.2) is 66.9 Å². The highest BCUT2D eigenvalue weighted by Gasteiger charge is 2.45. The number of hydrogen-bond acceptors (Lipinski definition) is 6. The molecule has 7 heteroatoms. The summed E-state index contributed by atoms with van der Waals surface area (Å²) in [5.74, 6) is 1.35. The Morgan fingerprint density at radius 2 is 1.96 bits per heavy atom. The highest BCUT2D eigenvalue weighted by Crippen LogP contribution is 2.27. The summed E-state index contributed by atoms with van der Waals surface area (Å²) in [5, 5.41) is 0. The number of hydrogen-bond donors (Lipinski definition) is 0. The number of benzene rings is 1. The fourth-order valence-corrected chi connectivity index (χ4v) is 6.09. The topological polar surface area (TPSA) is 62.7 Å². The fraction of sp³-hybridized carbons (Fsp3) is 0.450. The van der Waals surface area contributed by atoms with Gasteiger partial charge in [0.1, 0.15) is 12.4 Å². The molecule has 2 aliphatic heterocycles. The maximum Gasteiger partial charge on any atom is 0.153 e. The molecule has 0 radical (unpaired) electrons. The lowest BCUT2D eigenvalue weighted by molar-refractivity contribution is 0.0572. The van der Waals surface area contributed by atoms with Gasteiger partial charge in [0.25, 0.3) is 0 Å². The first-order valence-corrected chi connectivity index (χ1v) is 11.1. The lowest BCUT2D eigenvalue weighted by Crippen LogP contribution is -2.57. The first kappa shape index (κ1) is 18.4. The van der Waals surface area contributed by atoms with E-state index in [2.05, 4.69) is 20.9 Å². The molecule has 0 bridgehead atoms. The minimum Gasteiger partial charge on any atom is -0.487 e. The van der Waals surface area contributed by atoms with E-state index in [1.165, 1.54) is 0 Å². The summed E-state index contributed by atoms with van der Waals surface area (Å²) in [6.07, 6.45) is 1.76. The van der Waals surface area contributed by atoms with E-state index in [4.69, 9.17) is 4.74 Å². The number of likely N-dealkylation sites (N-methyl/N-ethyl adjacent to an activating group) is 1. The Balaban J connectivity index is 1.43. The van der Waals surface area contributed by atoms with Crippen LogP contribution in [0.3, 0.4) is 0 Å². The number of nitrogens with zero attached hydrogens (tertiary/aromatic N) is 3. The van der Waals surface area contributed by atoms with E-state index in [0.717, 1.165) is 36.6 Å². The summed E-state index contributed by atoms with van der Waals surface area (Å²) in [7, 11) is -0.920. The Kier molecular flexibility index (Phi) is 5.16. The van der Waals surface area contributed by atoms with Crippen LogP contribution in [0.4, 0.5) is 0 Å². The van der Waals surface area contributed by atoms with Gasteiger partial charge in [0.15, 0.2) is 9.84 Å². The number of rotatable bonds is 5. The lowest BCUT2D eigenvalue weighted by atomic mass is 10.0. The van der Waals surface area contributed by atoms with Crippen molar-refractivity contribution in [1.82, 2.24) is 14.8 Å². The number of sulfone groups is 1. The number of ether oxygens (including phenoxy) is 1. The van der Waals surface area contributed by atoms with Crippen molar-refractivity contribution in [2.24, 2.45) is 0 Å². The highest BCUT2D eigenvalue weighted by molar-refractivity contribution is 7.91. The van der Waals surface area contributed by atoms with E-state index in [1.54, 1.807) is 6.20 Å². The monoisotopic (exact) mass is 387 g/mol. The molecule has 0 aliphatic carbocycles. The zero-order valence-electron chi connectivity index (χ0n) is 15.5. The molecule has 1 aromatic heterocycles. The molecule has 0 amide bonds. The van der Waals surface area contributed by atoms with Crippen LogP contribution in [-0.2, 0) is 23.0 Å². The van der Waals surface area contributed by atoms with Gasteiger partial charge >= 0.3 is 0 Å². The minimum absolute atomic E-state index is 0.0758. The normalized spacial score (nSPS) is 25.2. The van der Waals surface area contributed by atoms with Crippen LogP contribution in [0.25, 0.3) is 0 Å². The van der Waals surface area contributed by atoms with Crippen LogP contribution in [0.15, 0.2) is 48.7 Å². The second-order valence-corrected chi connectivity index (χ2v) is 9.57. The van der Waals surface area contributed by atoms with E-state index < -0.39 is 9.84 Å². The maximum atomic E-state index is 12.1. The average molecular weight is 388 g/mol. The fourth-order valence-electron chi connectivity index (χ4n) is 4.00. The molecule has 27 heavy (non-hydrogen) atoms. The molecule has 1 aromatic carbocycles. The van der Waals surface area contributed by atoms with Gasteiger partial charge in [-0.2, -0.15) is 0 Å². The smallest absolute Gasteiger partial charge is 0.153 e. The minimum atomic E-state index is -2.95. The van der Waals surface area contributed by atoms with Gasteiger partial charge in [0.2, 0.25) is 0 Å². The molecule has 0 N–H and O–H groups in total. The Morgan fingerprint density at radius 3 is 2.78 bits per heavy atom. The average Bonchev–Trinajstić information content (AvgIpc) is 3.00. The zero-order valence-corrected chi connectivity index (χ0v) is 16.3. The third kappa shape index (κ3) is 4.31. The van der Waals surface area contributed by atoms with Crippen molar-refractivity contribution in [2.75, 3.05) is 31.6 Å². The number of fused-ring (bicyclic) bond motifs is 1. The van der Waals surface area contributed by atoms with Crippen molar-refractivity contribution in [3.05, 3.63) is 59.9 Å². The summed E-state index contributed by atoms with van der Waals surface area (Å²) >= 11 is 0. The Labute approximate surface area is 160 Å². The molecule has 2 fully saturated rings. The molecule has 0 unspecified atom stereocenters. The Morgan fingerprint density at radius 1 is 1.11 bits per heavy atom. The van der Waals surface area contributed by atoms with Gasteiger partial charge in [-0.05, 0) is 36.9 Å². The molecule has 4 rings (SSSR count). The number of pyridine rings is 1. The standard InChI is InChI=1S/C20H25N3O3S/c1-22-9-10-23(20-15-27(24,25)14-19(20)22)12-16-5-4-7-18(11-16)26-13-17-6-2-3-8-21-17/h2-8,11,19-20H,9-10,12-15H2,1H3/t19-,20+/m1/s1. The van der Waals surface area contributed by atoms with Crippen LogP contribution in [0.5, 0.6) is 5.75 Å². The molecule has 6 nitrogen and oxygen atoms in total. The Hall–Kier alpha value is -1.96. The second-order valence-electron chi connectivity index (χ2n) is 7.42. The Bertz CT molecular complexity index is 888. The van der Waals surface area contributed by atoms with E-state index >= 15 is 0 Å². The van der Waals surface area contributed by atoms with Crippen molar-refractivity contribution in [2.45, 2.75) is 25.2 Å². The molecule has 3 heterocycles. The second kappa shape index (κ2) is 7.58. The van der Waals surface area contributed by atoms with Gasteiger partial charge in [0, 0.05) is 37.9 Å². The zero-order chi connectivity index (χ0) is 18.9. The van der Waals surface area contributed by atoms with Crippen molar-refractivity contribution in [3.63, 3.8) is 0 Å². The molecule has 0 spiro atoms. The van der Waals surface area contributed by atoms with Crippen LogP contribution < -0.4 is 4.74 Å². The molecule has 2 aromatic rings. The van der Waals surface area contributed by atoms with E-state index in [9.17, 15) is 8.42 Å². The van der Waals surface area contributed by atoms with Crippen molar-refractivity contribution < 1.29 is 13.2 Å². The summed E-state index contributed by atoms with van der Waals surface area (Å²) in [6, 6.07) is 14.0. The number of aromatic nitrogens is 1. The molecule has 2 atom stereocenters. The molecule has 2 saturated heterocycles. The van der Waals surface area contributed by atoms with Crippen LogP contribution in [0.1, 0.15) is 11.3 Å². The van der Waals surface area contributed by atoms with Gasteiger partial charge in [0.05, 0.1) is 17.2 Å². The predicted octanol–water partition coefficient (Wildman–Crippen LogP) is 1.57. The maximum absolute atomic E-state index is 12.1. The first-order chi connectivity index (χ1) is 13.0. The van der Waals surface area contributed by atoms with E-state index in [0.29, 0.717) is 6.61 Å². The molecule has 2 aliphatic rings. The van der Waals surface area contributed by atoms with Gasteiger partial charge in [-0.3, -0.25) is 14.8 Å². The summed E-state index contributed by atoms with van der Waals surface area (Å²) in [4.78, 5) is 8.78. The van der Waals surface area contributed by atoms with Crippen molar-refractivity contribution in [3.8, 4) is 5.75 Å². The van der Waals surface area contributed by atoms with Gasteiger partial charge < -0.3 is 4.74 Å². The summed E-state index contributed by atoms with van der Waals surface area (Å²) in [5.41, 5.74) is 2.03. The van der Waals surface area contributed by atoms with Crippen LogP contribution in [0.2, 0.25) is 0 Å². The molecular weight excluding hydrogens is 362 g/mol. The molecular formula is C20H25N3O3S. The molecule has 0 saturated carbocycles. The van der Waals surface area contributed by atoms with E-state index in [-0.39, 0.29) is 23.6 Å².